The van der Waals surface area contributed by atoms with Gasteiger partial charge in [0.25, 0.3) is 0 Å². The van der Waals surface area contributed by atoms with Gasteiger partial charge in [-0.15, -0.1) is 0 Å². The number of nitrogens with one attached hydrogen (secondary N) is 1. The first-order valence-corrected chi connectivity index (χ1v) is 10.1. The van der Waals surface area contributed by atoms with Crippen LogP contribution in [0.4, 0.5) is 5.69 Å². The van der Waals surface area contributed by atoms with Gasteiger partial charge < -0.3 is 4.74 Å². The molecule has 5 nitrogen and oxygen atoms in total. The summed E-state index contributed by atoms with van der Waals surface area (Å²) in [7, 11) is -1.78. The maximum atomic E-state index is 12.3. The van der Waals surface area contributed by atoms with Crippen LogP contribution in [0.2, 0.25) is 0 Å². The van der Waals surface area contributed by atoms with Crippen molar-refractivity contribution in [2.45, 2.75) is 13.8 Å². The Kier molecular flexibility index (Phi) is 5.13. The first-order chi connectivity index (χ1) is 12.4. The van der Waals surface area contributed by atoms with Crippen molar-refractivity contribution in [1.29, 1.82) is 0 Å². The lowest BCUT2D eigenvalue weighted by Crippen LogP contribution is -2.20. The Morgan fingerprint density at radius 3 is 2.58 bits per heavy atom. The van der Waals surface area contributed by atoms with E-state index in [2.05, 4.69) is 9.71 Å². The molecule has 0 amide bonds. The van der Waals surface area contributed by atoms with Crippen molar-refractivity contribution in [3.8, 4) is 16.9 Å². The Bertz CT molecular complexity index is 1030. The van der Waals surface area contributed by atoms with Crippen LogP contribution in [0, 0.1) is 5.92 Å². The van der Waals surface area contributed by atoms with Crippen molar-refractivity contribution in [3.05, 3.63) is 54.7 Å². The molecule has 0 fully saturated rings. The molecule has 0 aliphatic rings. The zero-order valence-corrected chi connectivity index (χ0v) is 15.9. The van der Waals surface area contributed by atoms with Gasteiger partial charge in [0.15, 0.2) is 0 Å². The molecule has 0 aliphatic heterocycles. The maximum absolute atomic E-state index is 12.3. The molecule has 0 aliphatic carbocycles. The number of benzene rings is 2. The Balaban J connectivity index is 2.05. The number of anilines is 1. The van der Waals surface area contributed by atoms with E-state index in [0.29, 0.717) is 5.69 Å². The van der Waals surface area contributed by atoms with Crippen molar-refractivity contribution in [3.63, 3.8) is 0 Å². The van der Waals surface area contributed by atoms with Crippen LogP contribution < -0.4 is 9.46 Å². The average Bonchev–Trinajstić information content (AvgIpc) is 2.60. The lowest BCUT2D eigenvalue weighted by Gasteiger charge is -2.13. The van der Waals surface area contributed by atoms with Crippen LogP contribution in [0.5, 0.6) is 5.75 Å². The predicted octanol–water partition coefficient (Wildman–Crippen LogP) is 4.31. The zero-order valence-electron chi connectivity index (χ0n) is 15.1. The molecule has 0 unspecified atom stereocenters. The molecule has 2 aromatic carbocycles. The first kappa shape index (κ1) is 18.2. The highest BCUT2D eigenvalue weighted by Crippen LogP contribution is 2.30. The fourth-order valence-corrected chi connectivity index (χ4v) is 4.34. The van der Waals surface area contributed by atoms with Gasteiger partial charge in [0, 0.05) is 11.6 Å². The maximum Gasteiger partial charge on any atom is 0.232 e. The summed E-state index contributed by atoms with van der Waals surface area (Å²) in [5.74, 6) is 0.895. The average molecular weight is 370 g/mol. The summed E-state index contributed by atoms with van der Waals surface area (Å²) in [4.78, 5) is 4.34. The van der Waals surface area contributed by atoms with Crippen LogP contribution in [0.25, 0.3) is 22.0 Å². The predicted molar refractivity (Wildman–Crippen MR) is 106 cm³/mol. The van der Waals surface area contributed by atoms with Crippen LogP contribution in [0.1, 0.15) is 13.8 Å². The summed E-state index contributed by atoms with van der Waals surface area (Å²) >= 11 is 0. The fourth-order valence-electron chi connectivity index (χ4n) is 2.87. The molecule has 0 bridgehead atoms. The van der Waals surface area contributed by atoms with Gasteiger partial charge >= 0.3 is 0 Å². The molecule has 0 spiro atoms. The Labute approximate surface area is 154 Å². The molecule has 26 heavy (non-hydrogen) atoms. The van der Waals surface area contributed by atoms with Crippen molar-refractivity contribution in [1.82, 2.24) is 4.98 Å². The van der Waals surface area contributed by atoms with Crippen LogP contribution in [0.15, 0.2) is 54.7 Å². The fraction of sp³-hybridized carbons (Fsp3) is 0.250. The van der Waals surface area contributed by atoms with Gasteiger partial charge in [-0.2, -0.15) is 0 Å². The number of hydrogen-bond acceptors (Lipinski definition) is 4. The number of aromatic nitrogens is 1. The van der Waals surface area contributed by atoms with E-state index < -0.39 is 10.0 Å². The van der Waals surface area contributed by atoms with Gasteiger partial charge in [-0.05, 0) is 47.4 Å². The lowest BCUT2D eigenvalue weighted by molar-refractivity contribution is 0.415. The third-order valence-corrected chi connectivity index (χ3v) is 5.60. The summed E-state index contributed by atoms with van der Waals surface area (Å²) in [5, 5.41) is 0.764. The van der Waals surface area contributed by atoms with Crippen LogP contribution in [0.3, 0.4) is 0 Å². The summed E-state index contributed by atoms with van der Waals surface area (Å²) in [5.41, 5.74) is 3.24. The number of pyridine rings is 1. The van der Waals surface area contributed by atoms with Crippen molar-refractivity contribution >= 4 is 26.6 Å². The topological polar surface area (TPSA) is 68.3 Å². The van der Waals surface area contributed by atoms with E-state index in [1.54, 1.807) is 19.4 Å². The normalized spacial score (nSPS) is 11.7. The number of nitrogens with zero attached hydrogens (tertiary/aromatic N) is 1. The quantitative estimate of drug-likeness (QED) is 0.702. The molecule has 0 saturated heterocycles. The number of ether oxygens (including phenoxy) is 1. The van der Waals surface area contributed by atoms with E-state index in [-0.39, 0.29) is 11.7 Å². The SMILES string of the molecule is COc1cccc(-c2ccc3nccc(NS(=O)(=O)CC(C)C)c3c2)c1. The molecule has 0 radical (unpaired) electrons. The molecule has 1 heterocycles. The minimum atomic E-state index is -3.41. The summed E-state index contributed by atoms with van der Waals surface area (Å²) < 4.78 is 32.7. The third kappa shape index (κ3) is 4.14. The van der Waals surface area contributed by atoms with Crippen molar-refractivity contribution in [2.75, 3.05) is 17.6 Å². The molecular formula is C20H22N2O3S. The summed E-state index contributed by atoms with van der Waals surface area (Å²) in [6.07, 6.45) is 1.61. The van der Waals surface area contributed by atoms with Crippen molar-refractivity contribution < 1.29 is 13.2 Å². The number of rotatable bonds is 6. The second-order valence-corrected chi connectivity index (χ2v) is 8.37. The van der Waals surface area contributed by atoms with Gasteiger partial charge in [0.05, 0.1) is 24.1 Å². The second-order valence-electron chi connectivity index (χ2n) is 6.60. The van der Waals surface area contributed by atoms with Gasteiger partial charge in [0.2, 0.25) is 10.0 Å². The zero-order chi connectivity index (χ0) is 18.7. The van der Waals surface area contributed by atoms with Crippen LogP contribution in [-0.4, -0.2) is 26.3 Å². The summed E-state index contributed by atoms with van der Waals surface area (Å²) in [6.45, 7) is 3.76. The van der Waals surface area contributed by atoms with Crippen LogP contribution >= 0.6 is 0 Å². The molecule has 1 aromatic heterocycles. The number of hydrogen-bond donors (Lipinski definition) is 1. The van der Waals surface area contributed by atoms with Gasteiger partial charge in [-0.1, -0.05) is 32.0 Å². The van der Waals surface area contributed by atoms with E-state index in [1.807, 2.05) is 56.3 Å². The number of fused-ring (bicyclic) bond motifs is 1. The van der Waals surface area contributed by atoms with E-state index in [9.17, 15) is 8.42 Å². The number of sulfonamides is 1. The lowest BCUT2D eigenvalue weighted by atomic mass is 10.0. The molecule has 3 aromatic rings. The van der Waals surface area contributed by atoms with Gasteiger partial charge in [-0.3, -0.25) is 9.71 Å². The Hall–Kier alpha value is -2.60. The highest BCUT2D eigenvalue weighted by Gasteiger charge is 2.15. The second kappa shape index (κ2) is 7.33. The van der Waals surface area contributed by atoms with Crippen molar-refractivity contribution in [2.24, 2.45) is 5.92 Å². The molecule has 0 atom stereocenters. The van der Waals surface area contributed by atoms with E-state index >= 15 is 0 Å². The highest BCUT2D eigenvalue weighted by atomic mass is 32.2. The molecule has 136 valence electrons. The van der Waals surface area contributed by atoms with Crippen LogP contribution in [-0.2, 0) is 10.0 Å². The number of methoxy groups -OCH3 is 1. The van der Waals surface area contributed by atoms with E-state index in [0.717, 1.165) is 27.8 Å². The Morgan fingerprint density at radius 1 is 1.08 bits per heavy atom. The monoisotopic (exact) mass is 370 g/mol. The molecule has 3 rings (SSSR count). The third-order valence-electron chi connectivity index (χ3n) is 3.96. The molecular weight excluding hydrogens is 348 g/mol. The Morgan fingerprint density at radius 2 is 1.85 bits per heavy atom. The largest absolute Gasteiger partial charge is 0.497 e. The van der Waals surface area contributed by atoms with E-state index in [1.165, 1.54) is 0 Å². The minimum absolute atomic E-state index is 0.0490. The molecule has 1 N–H and O–H groups in total. The molecule has 6 heteroatoms. The van der Waals surface area contributed by atoms with Gasteiger partial charge in [-0.25, -0.2) is 8.42 Å². The van der Waals surface area contributed by atoms with Gasteiger partial charge in [0.1, 0.15) is 5.75 Å². The summed E-state index contributed by atoms with van der Waals surface area (Å²) in [6, 6.07) is 15.2. The standard InChI is InChI=1S/C20H22N2O3S/c1-14(2)13-26(23,24)22-20-9-10-21-19-8-7-16(12-18(19)20)15-5-4-6-17(11-15)25-3/h4-12,14H,13H2,1-3H3,(H,21,22). The first-order valence-electron chi connectivity index (χ1n) is 8.41. The van der Waals surface area contributed by atoms with E-state index in [4.69, 9.17) is 4.74 Å². The highest BCUT2D eigenvalue weighted by molar-refractivity contribution is 7.92. The smallest absolute Gasteiger partial charge is 0.232 e. The minimum Gasteiger partial charge on any atom is -0.497 e. The molecule has 0 saturated carbocycles.